The van der Waals surface area contributed by atoms with Crippen LogP contribution in [0.1, 0.15) is 34.8 Å². The van der Waals surface area contributed by atoms with Crippen molar-refractivity contribution in [2.45, 2.75) is 32.7 Å². The molecule has 2 aromatic rings. The standard InChI is InChI=1S/C15H19BrN2S/c1-3-8-17-14(15-10-18-11(2)19-15)9-12-4-6-13(16)7-5-12/h4-7,10,14,17H,3,8-9H2,1-2H3. The maximum absolute atomic E-state index is 4.37. The van der Waals surface area contributed by atoms with Crippen molar-refractivity contribution in [1.82, 2.24) is 10.3 Å². The summed E-state index contributed by atoms with van der Waals surface area (Å²) in [7, 11) is 0. The molecule has 1 atom stereocenters. The third kappa shape index (κ3) is 4.41. The van der Waals surface area contributed by atoms with Crippen LogP contribution in [-0.2, 0) is 6.42 Å². The number of rotatable bonds is 6. The van der Waals surface area contributed by atoms with Gasteiger partial charge in [-0.2, -0.15) is 0 Å². The van der Waals surface area contributed by atoms with Gasteiger partial charge < -0.3 is 5.32 Å². The van der Waals surface area contributed by atoms with Crippen molar-refractivity contribution in [1.29, 1.82) is 0 Å². The number of halogens is 1. The van der Waals surface area contributed by atoms with E-state index in [1.54, 1.807) is 11.3 Å². The van der Waals surface area contributed by atoms with Crippen LogP contribution in [0.5, 0.6) is 0 Å². The Morgan fingerprint density at radius 3 is 2.63 bits per heavy atom. The van der Waals surface area contributed by atoms with Crippen LogP contribution in [0.25, 0.3) is 0 Å². The van der Waals surface area contributed by atoms with Gasteiger partial charge in [0.05, 0.1) is 5.01 Å². The molecule has 4 heteroatoms. The largest absolute Gasteiger partial charge is 0.309 e. The molecule has 1 N–H and O–H groups in total. The summed E-state index contributed by atoms with van der Waals surface area (Å²) in [6, 6.07) is 8.93. The maximum Gasteiger partial charge on any atom is 0.0897 e. The topological polar surface area (TPSA) is 24.9 Å². The molecule has 1 unspecified atom stereocenters. The normalized spacial score (nSPS) is 12.6. The van der Waals surface area contributed by atoms with Crippen LogP contribution in [0.2, 0.25) is 0 Å². The molecule has 0 aliphatic carbocycles. The van der Waals surface area contributed by atoms with E-state index in [9.17, 15) is 0 Å². The van der Waals surface area contributed by atoms with Crippen molar-refractivity contribution >= 4 is 27.3 Å². The molecule has 0 amide bonds. The Kier molecular flexibility index (Phi) is 5.55. The van der Waals surface area contributed by atoms with E-state index in [1.807, 2.05) is 6.20 Å². The molecule has 19 heavy (non-hydrogen) atoms. The van der Waals surface area contributed by atoms with Crippen LogP contribution in [0.4, 0.5) is 0 Å². The van der Waals surface area contributed by atoms with Gasteiger partial charge in [-0.3, -0.25) is 0 Å². The molecule has 0 radical (unpaired) electrons. The molecule has 2 nitrogen and oxygen atoms in total. The van der Waals surface area contributed by atoms with E-state index in [2.05, 4.69) is 64.3 Å². The van der Waals surface area contributed by atoms with Gasteiger partial charge in [-0.25, -0.2) is 4.98 Å². The van der Waals surface area contributed by atoms with Gasteiger partial charge in [0.15, 0.2) is 0 Å². The lowest BCUT2D eigenvalue weighted by atomic mass is 10.1. The number of aromatic nitrogens is 1. The molecular formula is C15H19BrN2S. The van der Waals surface area contributed by atoms with Crippen molar-refractivity contribution in [3.63, 3.8) is 0 Å². The zero-order chi connectivity index (χ0) is 13.7. The highest BCUT2D eigenvalue weighted by atomic mass is 79.9. The Bertz CT molecular complexity index is 507. The van der Waals surface area contributed by atoms with Crippen LogP contribution in [0.3, 0.4) is 0 Å². The van der Waals surface area contributed by atoms with E-state index >= 15 is 0 Å². The van der Waals surface area contributed by atoms with E-state index < -0.39 is 0 Å². The van der Waals surface area contributed by atoms with E-state index in [1.165, 1.54) is 10.4 Å². The molecule has 0 fully saturated rings. The highest BCUT2D eigenvalue weighted by Crippen LogP contribution is 2.24. The number of nitrogens with zero attached hydrogens (tertiary/aromatic N) is 1. The average Bonchev–Trinajstić information content (AvgIpc) is 2.83. The minimum absolute atomic E-state index is 0.368. The smallest absolute Gasteiger partial charge is 0.0897 e. The second kappa shape index (κ2) is 7.17. The van der Waals surface area contributed by atoms with Gasteiger partial charge in [-0.15, -0.1) is 11.3 Å². The summed E-state index contributed by atoms with van der Waals surface area (Å²) in [5.41, 5.74) is 1.35. The Balaban J connectivity index is 2.11. The first-order valence-electron chi connectivity index (χ1n) is 6.59. The fourth-order valence-electron chi connectivity index (χ4n) is 1.99. The highest BCUT2D eigenvalue weighted by molar-refractivity contribution is 9.10. The van der Waals surface area contributed by atoms with E-state index in [0.29, 0.717) is 6.04 Å². The number of thiazole rings is 1. The van der Waals surface area contributed by atoms with Gasteiger partial charge in [0.1, 0.15) is 0 Å². The Morgan fingerprint density at radius 1 is 1.32 bits per heavy atom. The summed E-state index contributed by atoms with van der Waals surface area (Å²) in [6.07, 6.45) is 4.16. The van der Waals surface area contributed by atoms with Crippen LogP contribution in [0, 0.1) is 6.92 Å². The van der Waals surface area contributed by atoms with Crippen LogP contribution < -0.4 is 5.32 Å². The first-order valence-corrected chi connectivity index (χ1v) is 8.20. The lowest BCUT2D eigenvalue weighted by Gasteiger charge is -2.17. The third-order valence-electron chi connectivity index (χ3n) is 2.98. The average molecular weight is 339 g/mol. The second-order valence-electron chi connectivity index (χ2n) is 4.62. The molecule has 0 spiro atoms. The summed E-state index contributed by atoms with van der Waals surface area (Å²) in [5, 5.41) is 4.75. The van der Waals surface area contributed by atoms with Gasteiger partial charge in [0, 0.05) is 21.6 Å². The summed E-state index contributed by atoms with van der Waals surface area (Å²) in [4.78, 5) is 5.70. The number of hydrogen-bond acceptors (Lipinski definition) is 3. The maximum atomic E-state index is 4.37. The zero-order valence-electron chi connectivity index (χ0n) is 11.3. The van der Waals surface area contributed by atoms with Gasteiger partial charge in [-0.05, 0) is 44.0 Å². The van der Waals surface area contributed by atoms with Crippen molar-refractivity contribution in [3.05, 3.63) is 50.4 Å². The fraction of sp³-hybridized carbons (Fsp3) is 0.400. The van der Waals surface area contributed by atoms with Gasteiger partial charge >= 0.3 is 0 Å². The van der Waals surface area contributed by atoms with Crippen molar-refractivity contribution in [2.75, 3.05) is 6.54 Å². The Labute approximate surface area is 127 Å². The minimum atomic E-state index is 0.368. The number of aryl methyl sites for hydroxylation is 1. The van der Waals surface area contributed by atoms with Crippen molar-refractivity contribution in [2.24, 2.45) is 0 Å². The second-order valence-corrected chi connectivity index (χ2v) is 6.80. The molecule has 102 valence electrons. The van der Waals surface area contributed by atoms with Gasteiger partial charge in [0.2, 0.25) is 0 Å². The molecule has 1 heterocycles. The molecule has 0 bridgehead atoms. The van der Waals surface area contributed by atoms with Gasteiger partial charge in [-0.1, -0.05) is 35.0 Å². The number of benzene rings is 1. The van der Waals surface area contributed by atoms with Crippen LogP contribution in [0.15, 0.2) is 34.9 Å². The molecule has 0 aliphatic heterocycles. The summed E-state index contributed by atoms with van der Waals surface area (Å²) >= 11 is 5.26. The number of nitrogens with one attached hydrogen (secondary N) is 1. The predicted molar refractivity (Wildman–Crippen MR) is 85.7 cm³/mol. The Morgan fingerprint density at radius 2 is 2.05 bits per heavy atom. The molecule has 0 saturated heterocycles. The van der Waals surface area contributed by atoms with Crippen LogP contribution in [-0.4, -0.2) is 11.5 Å². The molecule has 2 rings (SSSR count). The lowest BCUT2D eigenvalue weighted by Crippen LogP contribution is -2.23. The van der Waals surface area contributed by atoms with Crippen molar-refractivity contribution < 1.29 is 0 Å². The molecule has 1 aromatic carbocycles. The number of hydrogen-bond donors (Lipinski definition) is 1. The monoisotopic (exact) mass is 338 g/mol. The summed E-state index contributed by atoms with van der Waals surface area (Å²) in [5.74, 6) is 0. The summed E-state index contributed by atoms with van der Waals surface area (Å²) in [6.45, 7) is 5.30. The summed E-state index contributed by atoms with van der Waals surface area (Å²) < 4.78 is 1.13. The molecule has 0 saturated carbocycles. The first-order chi connectivity index (χ1) is 9.19. The quantitative estimate of drug-likeness (QED) is 0.838. The van der Waals surface area contributed by atoms with Crippen molar-refractivity contribution in [3.8, 4) is 0 Å². The lowest BCUT2D eigenvalue weighted by molar-refractivity contribution is 0.536. The third-order valence-corrected chi connectivity index (χ3v) is 4.53. The van der Waals surface area contributed by atoms with E-state index in [0.717, 1.165) is 28.9 Å². The zero-order valence-corrected chi connectivity index (χ0v) is 13.7. The van der Waals surface area contributed by atoms with E-state index in [-0.39, 0.29) is 0 Å². The Hall–Kier alpha value is -0.710. The van der Waals surface area contributed by atoms with Gasteiger partial charge in [0.25, 0.3) is 0 Å². The van der Waals surface area contributed by atoms with Crippen LogP contribution >= 0.6 is 27.3 Å². The molecule has 1 aromatic heterocycles. The van der Waals surface area contributed by atoms with E-state index in [4.69, 9.17) is 0 Å². The minimum Gasteiger partial charge on any atom is -0.309 e. The fourth-order valence-corrected chi connectivity index (χ4v) is 3.11. The predicted octanol–water partition coefficient (Wildman–Crippen LogP) is 4.50. The SMILES string of the molecule is CCCNC(Cc1ccc(Br)cc1)c1cnc(C)s1. The molecule has 0 aliphatic rings. The highest BCUT2D eigenvalue weighted by Gasteiger charge is 2.14. The molecular weight excluding hydrogens is 320 g/mol. The first kappa shape index (κ1) is 14.7.